The molecule has 1 atom stereocenters. The predicted molar refractivity (Wildman–Crippen MR) is 94.5 cm³/mol. The molecule has 0 aliphatic carbocycles. The first-order valence-corrected chi connectivity index (χ1v) is 9.30. The summed E-state index contributed by atoms with van der Waals surface area (Å²) in [5, 5.41) is 0. The minimum atomic E-state index is 0.289. The largest absolute Gasteiger partial charge is 0.342 e. The standard InChI is InChI=1S/C19H30N4O/c1-16(2)12-22-8-3-6-19(13-22)7-9-23(14-19)18(24)5-4-17-10-20-15-21-11-17/h10-11,15-16H,3-9,12-14H2,1-2H3. The van der Waals surface area contributed by atoms with Gasteiger partial charge in [-0.2, -0.15) is 0 Å². The molecule has 0 bridgehead atoms. The number of carbonyl (C=O) groups excluding carboxylic acids is 1. The van der Waals surface area contributed by atoms with Gasteiger partial charge in [-0.1, -0.05) is 13.8 Å². The van der Waals surface area contributed by atoms with E-state index in [1.165, 1.54) is 45.2 Å². The number of amides is 1. The Balaban J connectivity index is 1.51. The van der Waals surface area contributed by atoms with Crippen molar-refractivity contribution in [3.05, 3.63) is 24.3 Å². The summed E-state index contributed by atoms with van der Waals surface area (Å²) in [6.45, 7) is 10.0. The smallest absolute Gasteiger partial charge is 0.222 e. The number of likely N-dealkylation sites (tertiary alicyclic amines) is 2. The first kappa shape index (κ1) is 17.3. The summed E-state index contributed by atoms with van der Waals surface area (Å²) in [4.78, 5) is 25.3. The third-order valence-electron chi connectivity index (χ3n) is 5.40. The van der Waals surface area contributed by atoms with E-state index in [9.17, 15) is 4.79 Å². The zero-order chi connectivity index (χ0) is 17.0. The van der Waals surface area contributed by atoms with Gasteiger partial charge in [0.05, 0.1) is 0 Å². The normalized spacial score (nSPS) is 24.9. The second kappa shape index (κ2) is 7.60. The van der Waals surface area contributed by atoms with Crippen LogP contribution in [0.25, 0.3) is 0 Å². The molecule has 1 amide bonds. The summed E-state index contributed by atoms with van der Waals surface area (Å²) >= 11 is 0. The lowest BCUT2D eigenvalue weighted by molar-refractivity contribution is -0.130. The summed E-state index contributed by atoms with van der Waals surface area (Å²) in [7, 11) is 0. The third kappa shape index (κ3) is 4.32. The Kier molecular flexibility index (Phi) is 5.49. The van der Waals surface area contributed by atoms with E-state index in [4.69, 9.17) is 0 Å². The number of rotatable bonds is 5. The van der Waals surface area contributed by atoms with E-state index < -0.39 is 0 Å². The molecule has 1 aromatic heterocycles. The molecule has 24 heavy (non-hydrogen) atoms. The molecule has 0 radical (unpaired) electrons. The van der Waals surface area contributed by atoms with Crippen LogP contribution in [0.2, 0.25) is 0 Å². The van der Waals surface area contributed by atoms with Crippen LogP contribution in [0, 0.1) is 11.3 Å². The molecule has 3 heterocycles. The van der Waals surface area contributed by atoms with Crippen LogP contribution in [0.1, 0.15) is 45.1 Å². The Bertz CT molecular complexity index is 548. The van der Waals surface area contributed by atoms with Crippen molar-refractivity contribution in [3.8, 4) is 0 Å². The van der Waals surface area contributed by atoms with E-state index in [0.717, 1.165) is 25.1 Å². The van der Waals surface area contributed by atoms with Gasteiger partial charge in [0.1, 0.15) is 6.33 Å². The van der Waals surface area contributed by atoms with E-state index in [1.807, 2.05) is 0 Å². The lowest BCUT2D eigenvalue weighted by Crippen LogP contribution is -2.46. The SMILES string of the molecule is CC(C)CN1CCCC2(CCN(C(=O)CCc3cncnc3)C2)C1. The molecule has 2 aliphatic rings. The number of aryl methyl sites for hydroxylation is 1. The lowest BCUT2D eigenvalue weighted by atomic mass is 9.79. The maximum atomic E-state index is 12.6. The minimum absolute atomic E-state index is 0.289. The topological polar surface area (TPSA) is 49.3 Å². The number of piperidine rings is 1. The fourth-order valence-corrected chi connectivity index (χ4v) is 4.33. The van der Waals surface area contributed by atoms with Gasteiger partial charge in [0, 0.05) is 50.4 Å². The zero-order valence-corrected chi connectivity index (χ0v) is 15.1. The first-order chi connectivity index (χ1) is 11.6. The van der Waals surface area contributed by atoms with Crippen LogP contribution in [0.4, 0.5) is 0 Å². The molecule has 1 aromatic rings. The number of aromatic nitrogens is 2. The van der Waals surface area contributed by atoms with E-state index in [-0.39, 0.29) is 5.91 Å². The molecular weight excluding hydrogens is 300 g/mol. The van der Waals surface area contributed by atoms with Crippen molar-refractivity contribution in [1.29, 1.82) is 0 Å². The van der Waals surface area contributed by atoms with Gasteiger partial charge in [0.2, 0.25) is 5.91 Å². The second-order valence-electron chi connectivity index (χ2n) is 8.04. The highest BCUT2D eigenvalue weighted by Gasteiger charge is 2.42. The minimum Gasteiger partial charge on any atom is -0.342 e. The number of hydrogen-bond donors (Lipinski definition) is 0. The van der Waals surface area contributed by atoms with Crippen LogP contribution < -0.4 is 0 Å². The molecule has 3 rings (SSSR count). The van der Waals surface area contributed by atoms with Crippen LogP contribution >= 0.6 is 0 Å². The van der Waals surface area contributed by atoms with Crippen molar-refractivity contribution in [1.82, 2.24) is 19.8 Å². The maximum Gasteiger partial charge on any atom is 0.222 e. The van der Waals surface area contributed by atoms with Gasteiger partial charge in [0.15, 0.2) is 0 Å². The summed E-state index contributed by atoms with van der Waals surface area (Å²) in [6, 6.07) is 0. The number of nitrogens with zero attached hydrogens (tertiary/aromatic N) is 4. The van der Waals surface area contributed by atoms with Crippen molar-refractivity contribution >= 4 is 5.91 Å². The van der Waals surface area contributed by atoms with Gasteiger partial charge in [-0.3, -0.25) is 4.79 Å². The summed E-state index contributed by atoms with van der Waals surface area (Å²) in [6.07, 6.45) is 10.2. The molecule has 132 valence electrons. The lowest BCUT2D eigenvalue weighted by Gasteiger charge is -2.41. The maximum absolute atomic E-state index is 12.6. The van der Waals surface area contributed by atoms with Gasteiger partial charge in [0.25, 0.3) is 0 Å². The van der Waals surface area contributed by atoms with E-state index in [0.29, 0.717) is 17.8 Å². The average Bonchev–Trinajstić information content (AvgIpc) is 2.96. The highest BCUT2D eigenvalue weighted by atomic mass is 16.2. The molecule has 1 spiro atoms. The second-order valence-corrected chi connectivity index (χ2v) is 8.04. The van der Waals surface area contributed by atoms with Gasteiger partial charge < -0.3 is 9.80 Å². The van der Waals surface area contributed by atoms with Crippen LogP contribution in [0.5, 0.6) is 0 Å². The summed E-state index contributed by atoms with van der Waals surface area (Å²) in [5.74, 6) is 1.00. The van der Waals surface area contributed by atoms with Crippen LogP contribution in [-0.4, -0.2) is 58.4 Å². The van der Waals surface area contributed by atoms with Crippen LogP contribution in [0.15, 0.2) is 18.7 Å². The fraction of sp³-hybridized carbons (Fsp3) is 0.737. The Labute approximate surface area is 145 Å². The van der Waals surface area contributed by atoms with Gasteiger partial charge in [-0.05, 0) is 43.7 Å². The Morgan fingerprint density at radius 2 is 2.00 bits per heavy atom. The third-order valence-corrected chi connectivity index (χ3v) is 5.40. The number of hydrogen-bond acceptors (Lipinski definition) is 4. The summed E-state index contributed by atoms with van der Waals surface area (Å²) < 4.78 is 0. The van der Waals surface area contributed by atoms with Crippen molar-refractivity contribution in [3.63, 3.8) is 0 Å². The molecule has 0 saturated carbocycles. The monoisotopic (exact) mass is 330 g/mol. The van der Waals surface area contributed by atoms with Crippen molar-refractivity contribution in [2.45, 2.75) is 46.0 Å². The molecule has 1 unspecified atom stereocenters. The Morgan fingerprint density at radius 3 is 2.75 bits per heavy atom. The summed E-state index contributed by atoms with van der Waals surface area (Å²) in [5.41, 5.74) is 1.39. The fourth-order valence-electron chi connectivity index (χ4n) is 4.33. The van der Waals surface area contributed by atoms with Crippen molar-refractivity contribution in [2.24, 2.45) is 11.3 Å². The molecule has 5 nitrogen and oxygen atoms in total. The molecule has 2 aliphatic heterocycles. The Hall–Kier alpha value is -1.49. The molecule has 2 saturated heterocycles. The molecule has 5 heteroatoms. The van der Waals surface area contributed by atoms with E-state index in [1.54, 1.807) is 12.4 Å². The van der Waals surface area contributed by atoms with E-state index in [2.05, 4.69) is 33.6 Å². The highest BCUT2D eigenvalue weighted by molar-refractivity contribution is 5.76. The predicted octanol–water partition coefficient (Wildman–Crippen LogP) is 2.38. The van der Waals surface area contributed by atoms with Gasteiger partial charge in [-0.25, -0.2) is 9.97 Å². The van der Waals surface area contributed by atoms with Gasteiger partial charge >= 0.3 is 0 Å². The van der Waals surface area contributed by atoms with Crippen molar-refractivity contribution in [2.75, 3.05) is 32.7 Å². The molecular formula is C19H30N4O. The first-order valence-electron chi connectivity index (χ1n) is 9.30. The van der Waals surface area contributed by atoms with Crippen LogP contribution in [-0.2, 0) is 11.2 Å². The van der Waals surface area contributed by atoms with Gasteiger partial charge in [-0.15, -0.1) is 0 Å². The molecule has 2 fully saturated rings. The van der Waals surface area contributed by atoms with Crippen molar-refractivity contribution < 1.29 is 4.79 Å². The number of carbonyl (C=O) groups is 1. The zero-order valence-electron chi connectivity index (χ0n) is 15.1. The quantitative estimate of drug-likeness (QED) is 0.832. The Morgan fingerprint density at radius 1 is 1.21 bits per heavy atom. The highest BCUT2D eigenvalue weighted by Crippen LogP contribution is 2.39. The van der Waals surface area contributed by atoms with Crippen LogP contribution in [0.3, 0.4) is 0 Å². The van der Waals surface area contributed by atoms with E-state index >= 15 is 0 Å². The molecule has 0 N–H and O–H groups in total. The molecule has 0 aromatic carbocycles. The average molecular weight is 330 g/mol.